The van der Waals surface area contributed by atoms with Crippen molar-refractivity contribution in [2.45, 2.75) is 39.2 Å². The summed E-state index contributed by atoms with van der Waals surface area (Å²) in [5.74, 6) is 1.42. The van der Waals surface area contributed by atoms with Crippen molar-refractivity contribution in [3.63, 3.8) is 0 Å². The Hall–Kier alpha value is -1.49. The predicted molar refractivity (Wildman–Crippen MR) is 74.9 cm³/mol. The van der Waals surface area contributed by atoms with E-state index in [0.717, 1.165) is 18.7 Å². The highest BCUT2D eigenvalue weighted by Gasteiger charge is 2.04. The molecule has 0 aromatic carbocycles. The Bertz CT molecular complexity index is 470. The largest absolute Gasteiger partial charge is 0.352 e. The summed E-state index contributed by atoms with van der Waals surface area (Å²) in [5, 5.41) is 7.65. The Morgan fingerprint density at radius 3 is 3.00 bits per heavy atom. The van der Waals surface area contributed by atoms with Crippen LogP contribution in [0, 0.1) is 6.92 Å². The fourth-order valence-corrected chi connectivity index (χ4v) is 2.49. The maximum atomic E-state index is 4.24. The van der Waals surface area contributed by atoms with Gasteiger partial charge in [0.2, 0.25) is 5.95 Å². The molecule has 0 saturated carbocycles. The van der Waals surface area contributed by atoms with Crippen LogP contribution in [0.25, 0.3) is 0 Å². The van der Waals surface area contributed by atoms with E-state index in [2.05, 4.69) is 44.0 Å². The molecule has 0 spiro atoms. The molecular formula is C13H18N4S. The molecule has 0 amide bonds. The maximum absolute atomic E-state index is 4.24. The van der Waals surface area contributed by atoms with Gasteiger partial charge in [-0.1, -0.05) is 0 Å². The van der Waals surface area contributed by atoms with Crippen molar-refractivity contribution in [3.8, 4) is 0 Å². The summed E-state index contributed by atoms with van der Waals surface area (Å²) >= 11 is 1.76. The highest BCUT2D eigenvalue weighted by molar-refractivity contribution is 7.07. The molecule has 4 nitrogen and oxygen atoms in total. The van der Waals surface area contributed by atoms with Gasteiger partial charge in [-0.3, -0.25) is 0 Å². The summed E-state index contributed by atoms with van der Waals surface area (Å²) in [6.07, 6.45) is 4.98. The van der Waals surface area contributed by atoms with Gasteiger partial charge >= 0.3 is 0 Å². The van der Waals surface area contributed by atoms with E-state index in [9.17, 15) is 0 Å². The molecule has 0 aliphatic rings. The van der Waals surface area contributed by atoms with E-state index in [1.165, 1.54) is 12.0 Å². The SMILES string of the molecule is Cc1ncnc(NC(C)CCCc2ccsc2)n1. The fraction of sp³-hybridized carbons (Fsp3) is 0.462. The van der Waals surface area contributed by atoms with E-state index in [0.29, 0.717) is 12.0 Å². The fourth-order valence-electron chi connectivity index (χ4n) is 1.79. The molecule has 0 aliphatic carbocycles. The normalized spacial score (nSPS) is 12.3. The minimum atomic E-state index is 0.380. The molecule has 0 bridgehead atoms. The molecule has 0 saturated heterocycles. The number of nitrogens with zero attached hydrogens (tertiary/aromatic N) is 3. The summed E-state index contributed by atoms with van der Waals surface area (Å²) in [6, 6.07) is 2.57. The third-order valence-corrected chi connectivity index (χ3v) is 3.48. The van der Waals surface area contributed by atoms with Crippen molar-refractivity contribution >= 4 is 17.3 Å². The van der Waals surface area contributed by atoms with E-state index < -0.39 is 0 Å². The van der Waals surface area contributed by atoms with Crippen LogP contribution in [0.15, 0.2) is 23.2 Å². The number of anilines is 1. The lowest BCUT2D eigenvalue weighted by atomic mass is 10.1. The molecule has 2 aromatic rings. The second-order valence-corrected chi connectivity index (χ2v) is 5.21. The maximum Gasteiger partial charge on any atom is 0.226 e. The quantitative estimate of drug-likeness (QED) is 0.869. The van der Waals surface area contributed by atoms with E-state index >= 15 is 0 Å². The molecule has 1 atom stereocenters. The highest BCUT2D eigenvalue weighted by Crippen LogP contribution is 2.11. The highest BCUT2D eigenvalue weighted by atomic mass is 32.1. The van der Waals surface area contributed by atoms with E-state index in [-0.39, 0.29) is 0 Å². The number of thiophene rings is 1. The zero-order valence-corrected chi connectivity index (χ0v) is 11.6. The van der Waals surface area contributed by atoms with Gasteiger partial charge in [-0.25, -0.2) is 9.97 Å². The van der Waals surface area contributed by atoms with Crippen LogP contribution in [-0.2, 0) is 6.42 Å². The molecule has 0 fully saturated rings. The first kappa shape index (κ1) is 13.0. The Morgan fingerprint density at radius 2 is 2.28 bits per heavy atom. The first-order chi connectivity index (χ1) is 8.74. The Morgan fingerprint density at radius 1 is 1.39 bits per heavy atom. The molecular weight excluding hydrogens is 244 g/mol. The van der Waals surface area contributed by atoms with Gasteiger partial charge < -0.3 is 5.32 Å². The first-order valence-electron chi connectivity index (χ1n) is 6.17. The monoisotopic (exact) mass is 262 g/mol. The first-order valence-corrected chi connectivity index (χ1v) is 7.11. The van der Waals surface area contributed by atoms with Crippen LogP contribution >= 0.6 is 11.3 Å². The molecule has 1 unspecified atom stereocenters. The van der Waals surface area contributed by atoms with Crippen molar-refractivity contribution in [1.82, 2.24) is 15.0 Å². The lowest BCUT2D eigenvalue weighted by Gasteiger charge is -2.13. The number of hydrogen-bond acceptors (Lipinski definition) is 5. The molecule has 0 radical (unpaired) electrons. The molecule has 5 heteroatoms. The number of aryl methyl sites for hydroxylation is 2. The van der Waals surface area contributed by atoms with Crippen LogP contribution < -0.4 is 5.32 Å². The van der Waals surface area contributed by atoms with Crippen LogP contribution in [0.3, 0.4) is 0 Å². The number of hydrogen-bond donors (Lipinski definition) is 1. The van der Waals surface area contributed by atoms with Gasteiger partial charge in [0.25, 0.3) is 0 Å². The minimum Gasteiger partial charge on any atom is -0.352 e. The average Bonchev–Trinajstić information content (AvgIpc) is 2.82. The van der Waals surface area contributed by atoms with Crippen molar-refractivity contribution in [2.24, 2.45) is 0 Å². The number of aromatic nitrogens is 3. The van der Waals surface area contributed by atoms with Gasteiger partial charge in [-0.05, 0) is 55.5 Å². The molecule has 96 valence electrons. The van der Waals surface area contributed by atoms with Crippen molar-refractivity contribution in [1.29, 1.82) is 0 Å². The molecule has 2 aromatic heterocycles. The smallest absolute Gasteiger partial charge is 0.226 e. The third-order valence-electron chi connectivity index (χ3n) is 2.75. The minimum absolute atomic E-state index is 0.380. The van der Waals surface area contributed by atoms with Crippen molar-refractivity contribution in [2.75, 3.05) is 5.32 Å². The van der Waals surface area contributed by atoms with Crippen LogP contribution in [0.1, 0.15) is 31.2 Å². The second-order valence-electron chi connectivity index (χ2n) is 4.43. The third kappa shape index (κ3) is 4.07. The van der Waals surface area contributed by atoms with Gasteiger partial charge in [0.1, 0.15) is 12.2 Å². The molecule has 18 heavy (non-hydrogen) atoms. The van der Waals surface area contributed by atoms with Crippen molar-refractivity contribution in [3.05, 3.63) is 34.5 Å². The summed E-state index contributed by atoms with van der Waals surface area (Å²) < 4.78 is 0. The lowest BCUT2D eigenvalue weighted by molar-refractivity contribution is 0.650. The van der Waals surface area contributed by atoms with Gasteiger partial charge in [0.05, 0.1) is 0 Å². The van der Waals surface area contributed by atoms with Crippen LogP contribution in [0.5, 0.6) is 0 Å². The molecule has 2 heterocycles. The number of rotatable bonds is 6. The standard InChI is InChI=1S/C13H18N4S/c1-10(4-3-5-12-6-7-18-8-12)16-13-15-9-14-11(2)17-13/h6-10H,3-5H2,1-2H3,(H,14,15,16,17). The zero-order chi connectivity index (χ0) is 12.8. The Balaban J connectivity index is 1.73. The van der Waals surface area contributed by atoms with Gasteiger partial charge in [-0.2, -0.15) is 16.3 Å². The summed E-state index contributed by atoms with van der Waals surface area (Å²) in [6.45, 7) is 4.03. The topological polar surface area (TPSA) is 50.7 Å². The zero-order valence-electron chi connectivity index (χ0n) is 10.8. The van der Waals surface area contributed by atoms with Crippen LogP contribution in [0.2, 0.25) is 0 Å². The van der Waals surface area contributed by atoms with E-state index in [1.807, 2.05) is 6.92 Å². The lowest BCUT2D eigenvalue weighted by Crippen LogP contribution is -2.17. The van der Waals surface area contributed by atoms with Gasteiger partial charge in [-0.15, -0.1) is 0 Å². The van der Waals surface area contributed by atoms with E-state index in [1.54, 1.807) is 17.7 Å². The molecule has 1 N–H and O–H groups in total. The summed E-state index contributed by atoms with van der Waals surface area (Å²) in [5.41, 5.74) is 1.43. The second kappa shape index (κ2) is 6.44. The summed E-state index contributed by atoms with van der Waals surface area (Å²) in [4.78, 5) is 12.3. The van der Waals surface area contributed by atoms with Gasteiger partial charge in [0.15, 0.2) is 0 Å². The average molecular weight is 262 g/mol. The van der Waals surface area contributed by atoms with Crippen LogP contribution in [0.4, 0.5) is 5.95 Å². The molecule has 2 rings (SSSR count). The Labute approximate surface area is 112 Å². The Kier molecular flexibility index (Phi) is 4.64. The number of nitrogens with one attached hydrogen (secondary N) is 1. The predicted octanol–water partition coefficient (Wildman–Crippen LogP) is 3.06. The van der Waals surface area contributed by atoms with Gasteiger partial charge in [0, 0.05) is 6.04 Å². The van der Waals surface area contributed by atoms with E-state index in [4.69, 9.17) is 0 Å². The van der Waals surface area contributed by atoms with Crippen molar-refractivity contribution < 1.29 is 0 Å². The van der Waals surface area contributed by atoms with Crippen LogP contribution in [-0.4, -0.2) is 21.0 Å². The summed E-state index contributed by atoms with van der Waals surface area (Å²) in [7, 11) is 0. The molecule has 0 aliphatic heterocycles.